The highest BCUT2D eigenvalue weighted by molar-refractivity contribution is 6.02. The molecule has 0 saturated carbocycles. The number of carbonyl (C=O) groups is 3. The van der Waals surface area contributed by atoms with Crippen LogP contribution in [0.3, 0.4) is 0 Å². The standard InChI is InChI=1S/C25H32N8O6/c26-21-29-20-16(12-32-18(34)6-7-19(32)35)28-22(27)33-13-17(25(37,38)24(20,33)30-21)39-23(36)31-10-8-15(9-11-31)14-4-2-1-3-5-14/h1-5,15-17,20,37-38H,6-13H2,(H2,27,28)(H3,26,29,30)/t16-,17-,20-,24-/m0/s1. The minimum Gasteiger partial charge on any atom is -0.438 e. The normalized spacial score (nSPS) is 31.9. The number of hydrogen-bond donors (Lipinski definition) is 5. The van der Waals surface area contributed by atoms with Crippen molar-refractivity contribution in [3.8, 4) is 0 Å². The van der Waals surface area contributed by atoms with E-state index in [1.807, 2.05) is 18.2 Å². The Hall–Kier alpha value is -3.91. The predicted octanol–water partition coefficient (Wildman–Crippen LogP) is -1.80. The van der Waals surface area contributed by atoms with E-state index in [-0.39, 0.29) is 49.7 Å². The van der Waals surface area contributed by atoms with Gasteiger partial charge >= 0.3 is 6.09 Å². The number of guanidine groups is 2. The highest BCUT2D eigenvalue weighted by atomic mass is 16.6. The van der Waals surface area contributed by atoms with E-state index < -0.39 is 35.7 Å². The third-order valence-electron chi connectivity index (χ3n) is 8.54. The van der Waals surface area contributed by atoms with E-state index in [4.69, 9.17) is 16.2 Å². The Bertz CT molecular complexity index is 1230. The van der Waals surface area contributed by atoms with Gasteiger partial charge < -0.3 is 41.5 Å². The Labute approximate surface area is 224 Å². The van der Waals surface area contributed by atoms with Crippen LogP contribution in [0.5, 0.6) is 0 Å². The Morgan fingerprint density at radius 1 is 1.08 bits per heavy atom. The summed E-state index contributed by atoms with van der Waals surface area (Å²) in [5.41, 5.74) is 11.7. The van der Waals surface area contributed by atoms with Crippen molar-refractivity contribution in [2.75, 3.05) is 26.2 Å². The predicted molar refractivity (Wildman–Crippen MR) is 137 cm³/mol. The summed E-state index contributed by atoms with van der Waals surface area (Å²) in [7, 11) is 0. The van der Waals surface area contributed by atoms with Gasteiger partial charge in [0.15, 0.2) is 23.7 Å². The van der Waals surface area contributed by atoms with Gasteiger partial charge in [0.05, 0.1) is 19.1 Å². The number of rotatable bonds is 4. The molecular formula is C25H32N8O6. The molecule has 0 unspecified atom stereocenters. The van der Waals surface area contributed by atoms with E-state index >= 15 is 0 Å². The average molecular weight is 541 g/mol. The highest BCUT2D eigenvalue weighted by Crippen LogP contribution is 2.46. The number of likely N-dealkylation sites (tertiary alicyclic amines) is 2. The van der Waals surface area contributed by atoms with Gasteiger partial charge in [0.25, 0.3) is 0 Å². The number of nitrogens with zero attached hydrogens (tertiary/aromatic N) is 5. The average Bonchev–Trinajstić information content (AvgIpc) is 3.52. The molecule has 0 bridgehead atoms. The molecule has 3 saturated heterocycles. The second kappa shape index (κ2) is 9.09. The molecule has 39 heavy (non-hydrogen) atoms. The van der Waals surface area contributed by atoms with Crippen LogP contribution < -0.4 is 16.8 Å². The molecule has 3 fully saturated rings. The summed E-state index contributed by atoms with van der Waals surface area (Å²) < 4.78 is 5.67. The SMILES string of the molecule is NC1=N[C@H]2[C@H](CN3C(=O)CCC3=O)N=C(N)N3C[C@H](OC(=O)N4CCC(c5ccccc5)CC4)C(O)(O)[C@]23N1. The van der Waals surface area contributed by atoms with E-state index in [1.54, 1.807) is 4.90 Å². The van der Waals surface area contributed by atoms with Crippen LogP contribution in [-0.4, -0.2) is 111 Å². The summed E-state index contributed by atoms with van der Waals surface area (Å²) in [6.07, 6.45) is -0.379. The quantitative estimate of drug-likeness (QED) is 0.214. The number of carbonyl (C=O) groups excluding carboxylic acids is 3. The van der Waals surface area contributed by atoms with Crippen LogP contribution in [0.2, 0.25) is 0 Å². The zero-order valence-corrected chi connectivity index (χ0v) is 21.3. The van der Waals surface area contributed by atoms with E-state index in [0.717, 1.165) is 17.7 Å². The third-order valence-corrected chi connectivity index (χ3v) is 8.54. The van der Waals surface area contributed by atoms with E-state index in [0.29, 0.717) is 19.0 Å². The van der Waals surface area contributed by atoms with Crippen molar-refractivity contribution in [3.63, 3.8) is 0 Å². The van der Waals surface area contributed by atoms with Gasteiger partial charge in [0, 0.05) is 25.9 Å². The maximum atomic E-state index is 13.1. The lowest BCUT2D eigenvalue weighted by atomic mass is 9.85. The Kier molecular flexibility index (Phi) is 5.91. The Balaban J connectivity index is 1.19. The van der Waals surface area contributed by atoms with E-state index in [1.165, 1.54) is 10.5 Å². The fourth-order valence-electron chi connectivity index (χ4n) is 6.50. The van der Waals surface area contributed by atoms with Crippen LogP contribution >= 0.6 is 0 Å². The van der Waals surface area contributed by atoms with Crippen molar-refractivity contribution in [1.82, 2.24) is 20.0 Å². The van der Waals surface area contributed by atoms with Gasteiger partial charge in [-0.15, -0.1) is 0 Å². The number of aliphatic hydroxyl groups is 2. The molecule has 0 aromatic heterocycles. The molecule has 0 radical (unpaired) electrons. The summed E-state index contributed by atoms with van der Waals surface area (Å²) >= 11 is 0. The van der Waals surface area contributed by atoms with Crippen molar-refractivity contribution in [2.45, 2.75) is 61.2 Å². The zero-order valence-electron chi connectivity index (χ0n) is 21.3. The van der Waals surface area contributed by atoms with Crippen LogP contribution in [0.4, 0.5) is 4.79 Å². The van der Waals surface area contributed by atoms with E-state index in [9.17, 15) is 24.6 Å². The maximum Gasteiger partial charge on any atom is 0.410 e. The summed E-state index contributed by atoms with van der Waals surface area (Å²) in [6, 6.07) is 8.17. The van der Waals surface area contributed by atoms with Gasteiger partial charge in [-0.2, -0.15) is 0 Å². The number of ether oxygens (including phenoxy) is 1. The number of nitrogens with one attached hydrogen (secondary N) is 1. The molecule has 14 nitrogen and oxygen atoms in total. The molecule has 7 N–H and O–H groups in total. The second-order valence-electron chi connectivity index (χ2n) is 10.7. The molecule has 3 amide bonds. The van der Waals surface area contributed by atoms with Gasteiger partial charge in [-0.1, -0.05) is 30.3 Å². The summed E-state index contributed by atoms with van der Waals surface area (Å²) in [6.45, 7) is 0.595. The third kappa shape index (κ3) is 3.88. The summed E-state index contributed by atoms with van der Waals surface area (Å²) in [5, 5.41) is 25.9. The maximum absolute atomic E-state index is 13.1. The molecule has 14 heteroatoms. The molecule has 208 valence electrons. The smallest absolute Gasteiger partial charge is 0.410 e. The van der Waals surface area contributed by atoms with Crippen LogP contribution in [-0.2, 0) is 14.3 Å². The van der Waals surface area contributed by atoms with Crippen LogP contribution in [0.1, 0.15) is 37.2 Å². The molecule has 4 atom stereocenters. The lowest BCUT2D eigenvalue weighted by Gasteiger charge is -2.48. The van der Waals surface area contributed by atoms with Crippen molar-refractivity contribution >= 4 is 29.8 Å². The number of imide groups is 1. The number of hydrogen-bond acceptors (Lipinski definition) is 12. The van der Waals surface area contributed by atoms with Gasteiger partial charge in [-0.05, 0) is 24.3 Å². The number of piperidine rings is 1. The van der Waals surface area contributed by atoms with Crippen LogP contribution in [0.25, 0.3) is 0 Å². The molecule has 5 aliphatic heterocycles. The van der Waals surface area contributed by atoms with Gasteiger partial charge in [0.2, 0.25) is 17.6 Å². The first-order valence-corrected chi connectivity index (χ1v) is 13.1. The first-order valence-electron chi connectivity index (χ1n) is 13.1. The zero-order chi connectivity index (χ0) is 27.5. The first-order chi connectivity index (χ1) is 18.6. The monoisotopic (exact) mass is 540 g/mol. The van der Waals surface area contributed by atoms with Gasteiger partial charge in [-0.25, -0.2) is 14.8 Å². The lowest BCUT2D eigenvalue weighted by Crippen LogP contribution is -2.77. The molecule has 1 aromatic carbocycles. The Morgan fingerprint density at radius 3 is 2.41 bits per heavy atom. The van der Waals surface area contributed by atoms with Crippen molar-refractivity contribution < 1.29 is 29.3 Å². The lowest BCUT2D eigenvalue weighted by molar-refractivity contribution is -0.257. The fourth-order valence-corrected chi connectivity index (χ4v) is 6.50. The second-order valence-corrected chi connectivity index (χ2v) is 10.7. The Morgan fingerprint density at radius 2 is 1.74 bits per heavy atom. The van der Waals surface area contributed by atoms with Crippen LogP contribution in [0, 0.1) is 0 Å². The number of aliphatic imine (C=N–C) groups is 2. The summed E-state index contributed by atoms with van der Waals surface area (Å²) in [5.74, 6) is -3.24. The topological polar surface area (TPSA) is 199 Å². The van der Waals surface area contributed by atoms with Crippen molar-refractivity contribution in [3.05, 3.63) is 35.9 Å². The highest BCUT2D eigenvalue weighted by Gasteiger charge is 2.74. The fraction of sp³-hybridized carbons (Fsp3) is 0.560. The van der Waals surface area contributed by atoms with Crippen molar-refractivity contribution in [1.29, 1.82) is 0 Å². The largest absolute Gasteiger partial charge is 0.438 e. The number of amides is 3. The molecule has 0 aliphatic carbocycles. The van der Waals surface area contributed by atoms with Gasteiger partial charge in [0.1, 0.15) is 6.04 Å². The minimum absolute atomic E-state index is 0.0811. The first kappa shape index (κ1) is 25.4. The summed E-state index contributed by atoms with van der Waals surface area (Å²) in [4.78, 5) is 50.4. The molecule has 5 heterocycles. The molecule has 1 spiro atoms. The number of benzene rings is 1. The molecule has 1 aromatic rings. The number of nitrogens with two attached hydrogens (primary N) is 2. The van der Waals surface area contributed by atoms with Crippen molar-refractivity contribution in [2.24, 2.45) is 21.5 Å². The minimum atomic E-state index is -2.70. The van der Waals surface area contributed by atoms with E-state index in [2.05, 4.69) is 27.4 Å². The van der Waals surface area contributed by atoms with Gasteiger partial charge in [-0.3, -0.25) is 14.5 Å². The molecule has 6 rings (SSSR count). The van der Waals surface area contributed by atoms with Crippen LogP contribution in [0.15, 0.2) is 40.3 Å². The molecule has 5 aliphatic rings. The molecular weight excluding hydrogens is 508 g/mol.